The van der Waals surface area contributed by atoms with Gasteiger partial charge in [-0.3, -0.25) is 4.79 Å². The Bertz CT molecular complexity index is 457. The van der Waals surface area contributed by atoms with E-state index in [9.17, 15) is 13.6 Å². The quantitative estimate of drug-likeness (QED) is 0.361. The third-order valence-corrected chi connectivity index (χ3v) is 2.34. The lowest BCUT2D eigenvalue weighted by molar-refractivity contribution is -0.128. The lowest BCUT2D eigenvalue weighted by atomic mass is 10.1. The first-order valence-electron chi connectivity index (χ1n) is 5.09. The molecule has 0 saturated carbocycles. The van der Waals surface area contributed by atoms with Crippen molar-refractivity contribution in [2.45, 2.75) is 6.42 Å². The van der Waals surface area contributed by atoms with Crippen LogP contribution < -0.4 is 5.73 Å². The lowest BCUT2D eigenvalue weighted by Crippen LogP contribution is -2.36. The second-order valence-electron chi connectivity index (χ2n) is 3.72. The summed E-state index contributed by atoms with van der Waals surface area (Å²) in [7, 11) is 1.39. The van der Waals surface area contributed by atoms with Gasteiger partial charge in [0.2, 0.25) is 5.91 Å². The smallest absolute Gasteiger partial charge is 0.227 e. The van der Waals surface area contributed by atoms with Crippen LogP contribution in [0.4, 0.5) is 8.78 Å². The van der Waals surface area contributed by atoms with Crippen LogP contribution in [0.1, 0.15) is 5.56 Å². The van der Waals surface area contributed by atoms with Crippen LogP contribution in [0, 0.1) is 11.6 Å². The third-order valence-electron chi connectivity index (χ3n) is 2.34. The Kier molecular flexibility index (Phi) is 4.59. The molecule has 5 nitrogen and oxygen atoms in total. The largest absolute Gasteiger partial charge is 0.409 e. The van der Waals surface area contributed by atoms with Crippen LogP contribution in [0.3, 0.4) is 0 Å². The van der Waals surface area contributed by atoms with Crippen molar-refractivity contribution in [1.82, 2.24) is 4.90 Å². The van der Waals surface area contributed by atoms with Crippen molar-refractivity contribution in [3.8, 4) is 0 Å². The van der Waals surface area contributed by atoms with Gasteiger partial charge < -0.3 is 15.8 Å². The van der Waals surface area contributed by atoms with Crippen LogP contribution in [-0.2, 0) is 11.2 Å². The highest BCUT2D eigenvalue weighted by atomic mass is 19.1. The highest BCUT2D eigenvalue weighted by Crippen LogP contribution is 2.13. The average Bonchev–Trinajstić information content (AvgIpc) is 2.33. The number of nitrogens with zero attached hydrogens (tertiary/aromatic N) is 2. The van der Waals surface area contributed by atoms with Gasteiger partial charge in [-0.1, -0.05) is 11.2 Å². The molecule has 0 spiro atoms. The molecule has 18 heavy (non-hydrogen) atoms. The molecular formula is C11H13F2N3O2. The van der Waals surface area contributed by atoms with E-state index in [0.29, 0.717) is 0 Å². The molecule has 0 aromatic heterocycles. The van der Waals surface area contributed by atoms with Gasteiger partial charge in [0.15, 0.2) is 5.84 Å². The van der Waals surface area contributed by atoms with E-state index in [-0.39, 0.29) is 17.9 Å². The number of likely N-dealkylation sites (N-methyl/N-ethyl adjacent to an activating group) is 1. The predicted octanol–water partition coefficient (Wildman–Crippen LogP) is 0.712. The van der Waals surface area contributed by atoms with Gasteiger partial charge in [-0.25, -0.2) is 8.78 Å². The average molecular weight is 257 g/mol. The van der Waals surface area contributed by atoms with Gasteiger partial charge in [0, 0.05) is 12.6 Å². The summed E-state index contributed by atoms with van der Waals surface area (Å²) in [6.45, 7) is -0.120. The van der Waals surface area contributed by atoms with Gasteiger partial charge in [-0.05, 0) is 12.1 Å². The summed E-state index contributed by atoms with van der Waals surface area (Å²) in [6, 6.07) is 3.38. The number of amidine groups is 1. The Morgan fingerprint density at radius 3 is 2.50 bits per heavy atom. The summed E-state index contributed by atoms with van der Waals surface area (Å²) in [4.78, 5) is 12.8. The Morgan fingerprint density at radius 2 is 2.00 bits per heavy atom. The normalized spacial score (nSPS) is 11.4. The molecule has 0 aliphatic rings. The van der Waals surface area contributed by atoms with Gasteiger partial charge in [0.1, 0.15) is 11.6 Å². The Balaban J connectivity index is 2.76. The number of carbonyl (C=O) groups excluding carboxylic acids is 1. The molecule has 0 saturated heterocycles. The maximum atomic E-state index is 13.3. The van der Waals surface area contributed by atoms with Crippen LogP contribution in [0.5, 0.6) is 0 Å². The molecular weight excluding hydrogens is 244 g/mol. The molecule has 0 bridgehead atoms. The molecule has 0 radical (unpaired) electrons. The van der Waals surface area contributed by atoms with E-state index < -0.39 is 24.0 Å². The van der Waals surface area contributed by atoms with Gasteiger partial charge >= 0.3 is 0 Å². The molecule has 1 aromatic rings. The number of hydrogen-bond acceptors (Lipinski definition) is 3. The second-order valence-corrected chi connectivity index (χ2v) is 3.72. The van der Waals surface area contributed by atoms with Crippen molar-refractivity contribution < 1.29 is 18.8 Å². The number of benzene rings is 1. The minimum atomic E-state index is -0.777. The molecule has 1 amide bonds. The molecule has 0 heterocycles. The fraction of sp³-hybridized carbons (Fsp3) is 0.273. The fourth-order valence-corrected chi connectivity index (χ4v) is 1.35. The Labute approximate surface area is 102 Å². The molecule has 0 aliphatic carbocycles. The standard InChI is InChI=1S/C11H13F2N3O2/c1-16(6-10(14)15-18)11(17)5-7-8(12)3-2-4-9(7)13/h2-4,18H,5-6H2,1H3,(H2,14,15). The molecule has 7 heteroatoms. The fourth-order valence-electron chi connectivity index (χ4n) is 1.35. The van der Waals surface area contributed by atoms with Crippen molar-refractivity contribution in [1.29, 1.82) is 0 Å². The maximum absolute atomic E-state index is 13.3. The number of oxime groups is 1. The number of rotatable bonds is 4. The zero-order valence-electron chi connectivity index (χ0n) is 9.73. The summed E-state index contributed by atoms with van der Waals surface area (Å²) in [5, 5.41) is 11.1. The minimum Gasteiger partial charge on any atom is -0.409 e. The van der Waals surface area contributed by atoms with Gasteiger partial charge in [0.05, 0.1) is 13.0 Å². The molecule has 1 rings (SSSR count). The van der Waals surface area contributed by atoms with Crippen LogP contribution in [0.15, 0.2) is 23.4 Å². The summed E-state index contributed by atoms with van der Waals surface area (Å²) >= 11 is 0. The van der Waals surface area contributed by atoms with E-state index in [1.807, 2.05) is 0 Å². The first-order chi connectivity index (χ1) is 8.45. The predicted molar refractivity (Wildman–Crippen MR) is 61.1 cm³/mol. The third kappa shape index (κ3) is 3.41. The molecule has 0 fully saturated rings. The highest BCUT2D eigenvalue weighted by molar-refractivity contribution is 5.87. The van der Waals surface area contributed by atoms with Crippen LogP contribution in [0.25, 0.3) is 0 Å². The topological polar surface area (TPSA) is 78.9 Å². The zero-order valence-corrected chi connectivity index (χ0v) is 9.73. The van der Waals surface area contributed by atoms with E-state index in [1.54, 1.807) is 0 Å². The van der Waals surface area contributed by atoms with Crippen molar-refractivity contribution in [2.24, 2.45) is 10.9 Å². The van der Waals surface area contributed by atoms with E-state index in [1.165, 1.54) is 13.1 Å². The monoisotopic (exact) mass is 257 g/mol. The summed E-state index contributed by atoms with van der Waals surface area (Å²) in [6.07, 6.45) is -0.423. The Morgan fingerprint density at radius 1 is 1.44 bits per heavy atom. The lowest BCUT2D eigenvalue weighted by Gasteiger charge is -2.16. The number of nitrogens with two attached hydrogens (primary N) is 1. The van der Waals surface area contributed by atoms with E-state index >= 15 is 0 Å². The van der Waals surface area contributed by atoms with E-state index in [4.69, 9.17) is 10.9 Å². The van der Waals surface area contributed by atoms with E-state index in [0.717, 1.165) is 17.0 Å². The number of carbonyl (C=O) groups is 1. The summed E-state index contributed by atoms with van der Waals surface area (Å²) < 4.78 is 26.6. The van der Waals surface area contributed by atoms with Crippen LogP contribution in [0.2, 0.25) is 0 Å². The maximum Gasteiger partial charge on any atom is 0.227 e. The molecule has 1 aromatic carbocycles. The van der Waals surface area contributed by atoms with Crippen molar-refractivity contribution in [2.75, 3.05) is 13.6 Å². The van der Waals surface area contributed by atoms with Gasteiger partial charge in [0.25, 0.3) is 0 Å². The van der Waals surface area contributed by atoms with Crippen molar-refractivity contribution >= 4 is 11.7 Å². The molecule has 0 unspecified atom stereocenters. The minimum absolute atomic E-state index is 0.120. The van der Waals surface area contributed by atoms with E-state index in [2.05, 4.69) is 5.16 Å². The first-order valence-corrected chi connectivity index (χ1v) is 5.09. The number of halogens is 2. The summed E-state index contributed by atoms with van der Waals surface area (Å²) in [5.41, 5.74) is 4.93. The number of hydrogen-bond donors (Lipinski definition) is 2. The van der Waals surface area contributed by atoms with Crippen molar-refractivity contribution in [3.63, 3.8) is 0 Å². The molecule has 3 N–H and O–H groups in total. The molecule has 98 valence electrons. The SMILES string of the molecule is CN(CC(N)=NO)C(=O)Cc1c(F)cccc1F. The first kappa shape index (κ1) is 13.9. The van der Waals surface area contributed by atoms with Crippen LogP contribution in [-0.4, -0.2) is 35.4 Å². The summed E-state index contributed by atoms with van der Waals surface area (Å²) in [5.74, 6) is -2.26. The van der Waals surface area contributed by atoms with Gasteiger partial charge in [-0.2, -0.15) is 0 Å². The second kappa shape index (κ2) is 5.95. The number of amides is 1. The Hall–Kier alpha value is -2.18. The highest BCUT2D eigenvalue weighted by Gasteiger charge is 2.16. The zero-order chi connectivity index (χ0) is 13.7. The van der Waals surface area contributed by atoms with Crippen molar-refractivity contribution in [3.05, 3.63) is 35.4 Å². The van der Waals surface area contributed by atoms with Gasteiger partial charge in [-0.15, -0.1) is 0 Å². The van der Waals surface area contributed by atoms with Crippen LogP contribution >= 0.6 is 0 Å². The molecule has 0 aliphatic heterocycles. The molecule has 0 atom stereocenters.